The van der Waals surface area contributed by atoms with Gasteiger partial charge in [-0.05, 0) is 74.0 Å². The van der Waals surface area contributed by atoms with Crippen LogP contribution in [0.2, 0.25) is 0 Å². The predicted octanol–water partition coefficient (Wildman–Crippen LogP) is 6.05. The lowest BCUT2D eigenvalue weighted by Crippen LogP contribution is -2.19. The average molecular weight is 273 g/mol. The Bertz CT molecular complexity index is 302. The molecule has 0 nitrogen and oxygen atoms in total. The molecule has 0 heterocycles. The van der Waals surface area contributed by atoms with Crippen LogP contribution in [0.1, 0.15) is 65.2 Å². The van der Waals surface area contributed by atoms with Crippen LogP contribution >= 0.6 is 0 Å². The van der Waals surface area contributed by atoms with Crippen molar-refractivity contribution in [2.75, 3.05) is 0 Å². The molecule has 4 rings (SSSR count). The summed E-state index contributed by atoms with van der Waals surface area (Å²) in [6.45, 7) is 11.8. The van der Waals surface area contributed by atoms with Crippen LogP contribution in [0.4, 0.5) is 0 Å². The van der Waals surface area contributed by atoms with Crippen LogP contribution in [-0.2, 0) is 0 Å². The minimum Gasteiger partial charge on any atom is -0.0851 e. The first-order chi connectivity index (χ1) is 9.78. The molecule has 0 heteroatoms. The molecule has 3 fully saturated rings. The zero-order chi connectivity index (χ0) is 14.5. The summed E-state index contributed by atoms with van der Waals surface area (Å²) in [6.07, 6.45) is 16.8. The molecule has 0 saturated heterocycles. The quantitative estimate of drug-likeness (QED) is 0.424. The highest BCUT2D eigenvalue weighted by Crippen LogP contribution is 2.53. The second-order valence-electron chi connectivity index (χ2n) is 7.36. The number of rotatable bonds is 2. The molecule has 4 bridgehead atoms. The van der Waals surface area contributed by atoms with Crippen LogP contribution in [0.25, 0.3) is 0 Å². The summed E-state index contributed by atoms with van der Waals surface area (Å²) in [7, 11) is 0. The smallest absolute Gasteiger partial charge is 0.0851 e. The van der Waals surface area contributed by atoms with Crippen LogP contribution in [0.15, 0.2) is 18.7 Å². The van der Waals surface area contributed by atoms with Crippen molar-refractivity contribution >= 4 is 0 Å². The summed E-state index contributed by atoms with van der Waals surface area (Å²) in [5, 5.41) is 0. The lowest BCUT2D eigenvalue weighted by molar-refractivity contribution is 0.224. The van der Waals surface area contributed by atoms with E-state index in [1.165, 1.54) is 32.1 Å². The van der Waals surface area contributed by atoms with Crippen molar-refractivity contribution in [3.8, 4) is 0 Å². The Labute approximate surface area is 126 Å². The molecule has 20 heavy (non-hydrogen) atoms. The van der Waals surface area contributed by atoms with Gasteiger partial charge in [0.05, 0.1) is 0 Å². The number of hydrogen-bond donors (Lipinski definition) is 0. The maximum atomic E-state index is 4.25. The van der Waals surface area contributed by atoms with Gasteiger partial charge in [-0.15, -0.1) is 0 Å². The van der Waals surface area contributed by atoms with E-state index in [2.05, 4.69) is 39.2 Å². The Kier molecular flexibility index (Phi) is 5.85. The number of allylic oxidation sites excluding steroid dienone is 2. The molecule has 0 aromatic carbocycles. The van der Waals surface area contributed by atoms with Gasteiger partial charge in [0.1, 0.15) is 6.58 Å². The molecule has 112 valence electrons. The highest BCUT2D eigenvalue weighted by atomic mass is 14.5. The molecule has 3 saturated carbocycles. The van der Waals surface area contributed by atoms with E-state index in [1.807, 2.05) is 0 Å². The highest BCUT2D eigenvalue weighted by Gasteiger charge is 2.44. The molecule has 0 spiro atoms. The SMILES string of the molecule is C1=CC2CCC1C2.CCCC1C2CCC(C2)C1C.[CH+]=C. The fourth-order valence-electron chi connectivity index (χ4n) is 5.25. The van der Waals surface area contributed by atoms with E-state index in [0.717, 1.165) is 35.5 Å². The van der Waals surface area contributed by atoms with Crippen molar-refractivity contribution in [3.05, 3.63) is 25.3 Å². The molecule has 6 atom stereocenters. The summed E-state index contributed by atoms with van der Waals surface area (Å²) >= 11 is 0. The van der Waals surface area contributed by atoms with Gasteiger partial charge in [-0.25, -0.2) is 0 Å². The van der Waals surface area contributed by atoms with Gasteiger partial charge < -0.3 is 0 Å². The Morgan fingerprint density at radius 1 is 0.950 bits per heavy atom. The van der Waals surface area contributed by atoms with Gasteiger partial charge in [-0.1, -0.05) is 38.8 Å². The minimum atomic E-state index is 0.991. The van der Waals surface area contributed by atoms with Gasteiger partial charge in [0.2, 0.25) is 0 Å². The minimum absolute atomic E-state index is 0.991. The second kappa shape index (κ2) is 7.41. The molecule has 0 amide bonds. The molecular formula is C20H33+. The van der Waals surface area contributed by atoms with Gasteiger partial charge in [-0.3, -0.25) is 0 Å². The molecule has 0 aromatic rings. The van der Waals surface area contributed by atoms with Gasteiger partial charge in [0, 0.05) is 0 Å². The van der Waals surface area contributed by atoms with Gasteiger partial charge in [0.15, 0.2) is 6.58 Å². The van der Waals surface area contributed by atoms with E-state index < -0.39 is 0 Å². The maximum Gasteiger partial charge on any atom is 0.198 e. The van der Waals surface area contributed by atoms with Crippen molar-refractivity contribution in [3.63, 3.8) is 0 Å². The zero-order valence-corrected chi connectivity index (χ0v) is 13.6. The predicted molar refractivity (Wildman–Crippen MR) is 88.3 cm³/mol. The summed E-state index contributed by atoms with van der Waals surface area (Å²) in [4.78, 5) is 0. The van der Waals surface area contributed by atoms with E-state index >= 15 is 0 Å². The molecule has 0 N–H and O–H groups in total. The lowest BCUT2D eigenvalue weighted by atomic mass is 9.78. The topological polar surface area (TPSA) is 0 Å². The molecule has 0 aliphatic heterocycles. The lowest BCUT2D eigenvalue weighted by Gasteiger charge is -2.27. The molecule has 6 unspecified atom stereocenters. The Hall–Kier alpha value is -0.610. The molecular weight excluding hydrogens is 240 g/mol. The normalized spacial score (nSPS) is 42.9. The monoisotopic (exact) mass is 273 g/mol. The van der Waals surface area contributed by atoms with E-state index in [1.54, 1.807) is 19.3 Å². The van der Waals surface area contributed by atoms with Gasteiger partial charge >= 0.3 is 0 Å². The summed E-state index contributed by atoms with van der Waals surface area (Å²) < 4.78 is 0. The first kappa shape index (κ1) is 15.8. The number of fused-ring (bicyclic) bond motifs is 4. The molecule has 4 aliphatic rings. The molecule has 0 radical (unpaired) electrons. The summed E-state index contributed by atoms with van der Waals surface area (Å²) in [6, 6.07) is 0. The van der Waals surface area contributed by atoms with Crippen molar-refractivity contribution in [1.82, 2.24) is 0 Å². The number of hydrogen-bond acceptors (Lipinski definition) is 0. The summed E-state index contributed by atoms with van der Waals surface area (Å²) in [5.41, 5.74) is 0. The first-order valence-corrected chi connectivity index (χ1v) is 8.87. The standard InChI is InChI=1S/C11H20.C7H10.C2H3/c1-3-4-11-8(2)9-5-6-10(11)7-9;1-2-7-4-3-6(1)5-7;1-2/h8-11H,3-7H2,1-2H3;1-2,6-7H,3-5H2;1H,2H2/q;;+1. The average Bonchev–Trinajstić information content (AvgIpc) is 3.25. The van der Waals surface area contributed by atoms with Crippen molar-refractivity contribution in [2.24, 2.45) is 35.5 Å². The van der Waals surface area contributed by atoms with Crippen LogP contribution in [0.5, 0.6) is 0 Å². The van der Waals surface area contributed by atoms with E-state index in [9.17, 15) is 0 Å². The fourth-order valence-corrected chi connectivity index (χ4v) is 5.25. The third kappa shape index (κ3) is 3.34. The molecule has 4 aliphatic carbocycles. The van der Waals surface area contributed by atoms with E-state index in [4.69, 9.17) is 0 Å². The van der Waals surface area contributed by atoms with E-state index in [-0.39, 0.29) is 0 Å². The van der Waals surface area contributed by atoms with Crippen molar-refractivity contribution < 1.29 is 0 Å². The largest absolute Gasteiger partial charge is 0.198 e. The van der Waals surface area contributed by atoms with Gasteiger partial charge in [-0.2, -0.15) is 0 Å². The van der Waals surface area contributed by atoms with Crippen molar-refractivity contribution in [2.45, 2.75) is 65.2 Å². The highest BCUT2D eigenvalue weighted by molar-refractivity contribution is 5.06. The fraction of sp³-hybridized carbons (Fsp3) is 0.800. The molecule has 0 aromatic heterocycles. The van der Waals surface area contributed by atoms with Crippen LogP contribution in [0.3, 0.4) is 0 Å². The van der Waals surface area contributed by atoms with E-state index in [0.29, 0.717) is 0 Å². The van der Waals surface area contributed by atoms with Crippen LogP contribution in [-0.4, -0.2) is 0 Å². The Balaban J connectivity index is 0.000000140. The zero-order valence-electron chi connectivity index (χ0n) is 13.6. The Morgan fingerprint density at radius 2 is 1.55 bits per heavy atom. The Morgan fingerprint density at radius 3 is 1.90 bits per heavy atom. The first-order valence-electron chi connectivity index (χ1n) is 8.87. The third-order valence-electron chi connectivity index (χ3n) is 6.33. The third-order valence-corrected chi connectivity index (χ3v) is 6.33. The van der Waals surface area contributed by atoms with Gasteiger partial charge in [0.25, 0.3) is 0 Å². The summed E-state index contributed by atoms with van der Waals surface area (Å²) in [5.74, 6) is 6.41. The van der Waals surface area contributed by atoms with Crippen LogP contribution in [0, 0.1) is 42.1 Å². The van der Waals surface area contributed by atoms with Crippen molar-refractivity contribution in [1.29, 1.82) is 0 Å². The maximum absolute atomic E-state index is 4.25. The second-order valence-corrected chi connectivity index (χ2v) is 7.36. The van der Waals surface area contributed by atoms with Crippen LogP contribution < -0.4 is 0 Å².